The van der Waals surface area contributed by atoms with Crippen LogP contribution in [0.3, 0.4) is 0 Å². The Kier molecular flexibility index (Phi) is 5.53. The average molecular weight is 411 g/mol. The number of hydrogen-bond acceptors (Lipinski definition) is 6. The van der Waals surface area contributed by atoms with Gasteiger partial charge in [0.15, 0.2) is 0 Å². The SMILES string of the molecule is CC(C)(C)OC(=O)N(Cc1cccs1)c1cc(Cl)nc2c(CO)csc12. The number of hydrogen-bond donors (Lipinski definition) is 1. The van der Waals surface area contributed by atoms with Crippen molar-refractivity contribution in [2.75, 3.05) is 4.90 Å². The maximum Gasteiger partial charge on any atom is 0.415 e. The molecule has 0 aromatic carbocycles. The first-order chi connectivity index (χ1) is 12.3. The van der Waals surface area contributed by atoms with Crippen molar-refractivity contribution < 1.29 is 14.6 Å². The molecule has 0 radical (unpaired) electrons. The van der Waals surface area contributed by atoms with Crippen LogP contribution < -0.4 is 4.90 Å². The number of nitrogens with zero attached hydrogens (tertiary/aromatic N) is 2. The first kappa shape index (κ1) is 19.1. The first-order valence-corrected chi connectivity index (χ1v) is 10.1. The fourth-order valence-electron chi connectivity index (χ4n) is 2.45. The molecule has 26 heavy (non-hydrogen) atoms. The summed E-state index contributed by atoms with van der Waals surface area (Å²) >= 11 is 9.20. The molecule has 138 valence electrons. The minimum absolute atomic E-state index is 0.135. The second-order valence-corrected chi connectivity index (χ2v) is 9.01. The molecule has 3 rings (SSSR count). The van der Waals surface area contributed by atoms with Crippen LogP contribution in [-0.4, -0.2) is 21.8 Å². The van der Waals surface area contributed by atoms with Crippen LogP contribution in [0.4, 0.5) is 10.5 Å². The molecule has 3 heterocycles. The van der Waals surface area contributed by atoms with Gasteiger partial charge in [-0.05, 0) is 37.6 Å². The maximum atomic E-state index is 12.9. The summed E-state index contributed by atoms with van der Waals surface area (Å²) in [5, 5.41) is 13.6. The zero-order valence-electron chi connectivity index (χ0n) is 14.7. The van der Waals surface area contributed by atoms with Crippen LogP contribution in [0.15, 0.2) is 29.0 Å². The largest absolute Gasteiger partial charge is 0.443 e. The van der Waals surface area contributed by atoms with Crippen molar-refractivity contribution in [1.82, 2.24) is 4.98 Å². The van der Waals surface area contributed by atoms with Gasteiger partial charge in [-0.15, -0.1) is 22.7 Å². The summed E-state index contributed by atoms with van der Waals surface area (Å²) in [4.78, 5) is 19.8. The van der Waals surface area contributed by atoms with Gasteiger partial charge in [0.2, 0.25) is 0 Å². The van der Waals surface area contributed by atoms with Crippen LogP contribution in [0.1, 0.15) is 31.2 Å². The van der Waals surface area contributed by atoms with Crippen LogP contribution in [0.25, 0.3) is 10.2 Å². The highest BCUT2D eigenvalue weighted by atomic mass is 35.5. The number of ether oxygens (including phenoxy) is 1. The number of aliphatic hydroxyl groups excluding tert-OH is 1. The van der Waals surface area contributed by atoms with E-state index in [1.165, 1.54) is 11.3 Å². The first-order valence-electron chi connectivity index (χ1n) is 7.99. The predicted octanol–water partition coefficient (Wildman–Crippen LogP) is 5.45. The van der Waals surface area contributed by atoms with E-state index in [0.717, 1.165) is 9.58 Å². The van der Waals surface area contributed by atoms with Gasteiger partial charge in [0, 0.05) is 16.5 Å². The second-order valence-electron chi connectivity index (χ2n) is 6.71. The molecule has 0 aliphatic rings. The number of halogens is 1. The molecule has 0 unspecified atom stereocenters. The van der Waals surface area contributed by atoms with Gasteiger partial charge < -0.3 is 9.84 Å². The minimum Gasteiger partial charge on any atom is -0.443 e. The number of aromatic nitrogens is 1. The topological polar surface area (TPSA) is 62.7 Å². The monoisotopic (exact) mass is 410 g/mol. The Morgan fingerprint density at radius 3 is 2.77 bits per heavy atom. The van der Waals surface area contributed by atoms with Gasteiger partial charge in [0.1, 0.15) is 10.8 Å². The summed E-state index contributed by atoms with van der Waals surface area (Å²) in [6.07, 6.45) is -0.451. The predicted molar refractivity (Wildman–Crippen MR) is 107 cm³/mol. The van der Waals surface area contributed by atoms with E-state index in [4.69, 9.17) is 16.3 Å². The number of carbonyl (C=O) groups is 1. The molecule has 0 aliphatic heterocycles. The van der Waals surface area contributed by atoms with Gasteiger partial charge in [-0.2, -0.15) is 0 Å². The third-order valence-electron chi connectivity index (χ3n) is 3.51. The number of anilines is 1. The Morgan fingerprint density at radius 2 is 2.15 bits per heavy atom. The van der Waals surface area contributed by atoms with E-state index in [0.29, 0.717) is 23.3 Å². The Bertz CT molecular complexity index is 917. The molecule has 1 amide bonds. The van der Waals surface area contributed by atoms with E-state index in [9.17, 15) is 9.90 Å². The van der Waals surface area contributed by atoms with E-state index in [1.807, 2.05) is 43.7 Å². The van der Waals surface area contributed by atoms with E-state index in [1.54, 1.807) is 22.3 Å². The van der Waals surface area contributed by atoms with Crippen LogP contribution in [0, 0.1) is 0 Å². The summed E-state index contributed by atoms with van der Waals surface area (Å²) in [5.74, 6) is 0. The average Bonchev–Trinajstić information content (AvgIpc) is 3.19. The lowest BCUT2D eigenvalue weighted by atomic mass is 10.2. The molecule has 0 fully saturated rings. The molecule has 0 saturated carbocycles. The summed E-state index contributed by atoms with van der Waals surface area (Å²) < 4.78 is 6.40. The van der Waals surface area contributed by atoms with Gasteiger partial charge >= 0.3 is 6.09 Å². The third-order valence-corrected chi connectivity index (χ3v) is 5.61. The van der Waals surface area contributed by atoms with Crippen LogP contribution in [-0.2, 0) is 17.9 Å². The molecule has 1 N–H and O–H groups in total. The van der Waals surface area contributed by atoms with Crippen molar-refractivity contribution in [2.45, 2.75) is 39.5 Å². The molecule has 8 heteroatoms. The molecule has 5 nitrogen and oxygen atoms in total. The Morgan fingerprint density at radius 1 is 1.38 bits per heavy atom. The maximum absolute atomic E-state index is 12.9. The van der Waals surface area contributed by atoms with Crippen LogP contribution in [0.2, 0.25) is 5.15 Å². The lowest BCUT2D eigenvalue weighted by molar-refractivity contribution is 0.0578. The van der Waals surface area contributed by atoms with Gasteiger partial charge in [-0.25, -0.2) is 9.78 Å². The van der Waals surface area contributed by atoms with E-state index in [-0.39, 0.29) is 11.8 Å². The highest BCUT2D eigenvalue weighted by Gasteiger charge is 2.27. The Balaban J connectivity index is 2.10. The molecule has 0 aliphatic carbocycles. The quantitative estimate of drug-likeness (QED) is 0.581. The number of fused-ring (bicyclic) bond motifs is 1. The fraction of sp³-hybridized carbons (Fsp3) is 0.333. The smallest absolute Gasteiger partial charge is 0.415 e. The molecule has 3 aromatic rings. The molecule has 0 saturated heterocycles. The number of amides is 1. The second kappa shape index (κ2) is 7.52. The highest BCUT2D eigenvalue weighted by Crippen LogP contribution is 2.37. The molecule has 3 aromatic heterocycles. The lowest BCUT2D eigenvalue weighted by Crippen LogP contribution is -2.36. The van der Waals surface area contributed by atoms with Gasteiger partial charge in [-0.3, -0.25) is 4.90 Å². The van der Waals surface area contributed by atoms with Crippen LogP contribution in [0.5, 0.6) is 0 Å². The molecular formula is C18H19ClN2O3S2. The summed E-state index contributed by atoms with van der Waals surface area (Å²) in [7, 11) is 0. The Labute approximate surface area is 164 Å². The van der Waals surface area contributed by atoms with E-state index >= 15 is 0 Å². The Hall–Kier alpha value is -1.67. The lowest BCUT2D eigenvalue weighted by Gasteiger charge is -2.27. The van der Waals surface area contributed by atoms with Gasteiger partial charge in [-0.1, -0.05) is 17.7 Å². The van der Waals surface area contributed by atoms with Crippen LogP contribution >= 0.6 is 34.3 Å². The van der Waals surface area contributed by atoms with Crippen molar-refractivity contribution in [3.05, 3.63) is 44.6 Å². The van der Waals surface area contributed by atoms with Gasteiger partial charge in [0.25, 0.3) is 0 Å². The fourth-order valence-corrected chi connectivity index (χ4v) is 4.35. The number of pyridine rings is 1. The highest BCUT2D eigenvalue weighted by molar-refractivity contribution is 7.18. The molecule has 0 spiro atoms. The zero-order chi connectivity index (χ0) is 18.9. The minimum atomic E-state index is -0.619. The number of aliphatic hydroxyl groups is 1. The van der Waals surface area contributed by atoms with E-state index in [2.05, 4.69) is 4.98 Å². The van der Waals surface area contributed by atoms with Crippen molar-refractivity contribution in [3.8, 4) is 0 Å². The zero-order valence-corrected chi connectivity index (χ0v) is 17.0. The van der Waals surface area contributed by atoms with Gasteiger partial charge in [0.05, 0.1) is 29.1 Å². The standard InChI is InChI=1S/C18H19ClN2O3S2/c1-18(2,3)24-17(23)21(8-12-5-4-6-25-12)13-7-14(19)20-15-11(9-22)10-26-16(13)15/h4-7,10,22H,8-9H2,1-3H3. The van der Waals surface area contributed by atoms with Crippen molar-refractivity contribution >= 4 is 56.3 Å². The number of carbonyl (C=O) groups excluding carboxylic acids is 1. The third kappa shape index (κ3) is 4.17. The van der Waals surface area contributed by atoms with E-state index < -0.39 is 11.7 Å². The molecule has 0 atom stereocenters. The summed E-state index contributed by atoms with van der Waals surface area (Å²) in [6.45, 7) is 5.73. The van der Waals surface area contributed by atoms with Crippen molar-refractivity contribution in [1.29, 1.82) is 0 Å². The molecule has 0 bridgehead atoms. The molecular weight excluding hydrogens is 392 g/mol. The summed E-state index contributed by atoms with van der Waals surface area (Å²) in [5.41, 5.74) is 1.31. The number of thiophene rings is 2. The number of rotatable bonds is 4. The normalized spacial score (nSPS) is 11.7. The van der Waals surface area contributed by atoms with Crippen molar-refractivity contribution in [3.63, 3.8) is 0 Å². The summed E-state index contributed by atoms with van der Waals surface area (Å²) in [6, 6.07) is 5.58. The van der Waals surface area contributed by atoms with Crippen molar-refractivity contribution in [2.24, 2.45) is 0 Å².